The lowest BCUT2D eigenvalue weighted by atomic mass is 10.2. The van der Waals surface area contributed by atoms with E-state index in [-0.39, 0.29) is 18.2 Å². The minimum Gasteiger partial charge on any atom is -0.489 e. The molecule has 0 aliphatic rings. The highest BCUT2D eigenvalue weighted by atomic mass is 79.9. The number of hydrogen-bond acceptors (Lipinski definition) is 2. The highest BCUT2D eigenvalue weighted by Gasteiger charge is 2.06. The van der Waals surface area contributed by atoms with Crippen molar-refractivity contribution >= 4 is 15.9 Å². The molecular weight excluding hydrogens is 328 g/mol. The van der Waals surface area contributed by atoms with Gasteiger partial charge in [-0.2, -0.15) is 0 Å². The van der Waals surface area contributed by atoms with Gasteiger partial charge in [-0.25, -0.2) is 8.78 Å². The van der Waals surface area contributed by atoms with Crippen LogP contribution in [0.4, 0.5) is 8.78 Å². The molecule has 5 heteroatoms. The van der Waals surface area contributed by atoms with Crippen molar-refractivity contribution in [1.82, 2.24) is 5.32 Å². The SMILES string of the molecule is CNCc1cc(F)cc(OCc2ccc(Br)cc2F)c1. The lowest BCUT2D eigenvalue weighted by Gasteiger charge is -2.09. The van der Waals surface area contributed by atoms with E-state index in [1.165, 1.54) is 18.2 Å². The Hall–Kier alpha value is -1.46. The van der Waals surface area contributed by atoms with Gasteiger partial charge in [0.2, 0.25) is 0 Å². The minimum absolute atomic E-state index is 0.0571. The zero-order chi connectivity index (χ0) is 14.5. The molecule has 0 aliphatic carbocycles. The Morgan fingerprint density at radius 3 is 2.65 bits per heavy atom. The maximum atomic E-state index is 13.6. The Kier molecular flexibility index (Phi) is 5.09. The van der Waals surface area contributed by atoms with Crippen LogP contribution in [0.5, 0.6) is 5.75 Å². The number of hydrogen-bond donors (Lipinski definition) is 1. The summed E-state index contributed by atoms with van der Waals surface area (Å²) in [4.78, 5) is 0. The molecule has 2 nitrogen and oxygen atoms in total. The van der Waals surface area contributed by atoms with Gasteiger partial charge in [-0.1, -0.05) is 22.0 Å². The van der Waals surface area contributed by atoms with Crippen molar-refractivity contribution in [3.63, 3.8) is 0 Å². The van der Waals surface area contributed by atoms with Gasteiger partial charge in [0.1, 0.15) is 24.0 Å². The maximum Gasteiger partial charge on any atom is 0.130 e. The topological polar surface area (TPSA) is 21.3 Å². The first kappa shape index (κ1) is 14.9. The summed E-state index contributed by atoms with van der Waals surface area (Å²) in [5.41, 5.74) is 1.20. The molecular formula is C15H14BrF2NO. The average molecular weight is 342 g/mol. The van der Waals surface area contributed by atoms with Crippen molar-refractivity contribution in [2.75, 3.05) is 7.05 Å². The number of ether oxygens (including phenoxy) is 1. The van der Waals surface area contributed by atoms with E-state index in [2.05, 4.69) is 21.2 Å². The third-order valence-electron chi connectivity index (χ3n) is 2.72. The predicted octanol–water partition coefficient (Wildman–Crippen LogP) is 4.03. The van der Waals surface area contributed by atoms with E-state index in [1.54, 1.807) is 25.2 Å². The number of nitrogens with one attached hydrogen (secondary N) is 1. The van der Waals surface area contributed by atoms with Crippen molar-refractivity contribution in [2.45, 2.75) is 13.2 Å². The van der Waals surface area contributed by atoms with Crippen molar-refractivity contribution < 1.29 is 13.5 Å². The zero-order valence-corrected chi connectivity index (χ0v) is 12.5. The van der Waals surface area contributed by atoms with E-state index in [0.29, 0.717) is 22.3 Å². The van der Waals surface area contributed by atoms with E-state index in [0.717, 1.165) is 5.56 Å². The van der Waals surface area contributed by atoms with Crippen LogP contribution in [-0.2, 0) is 13.2 Å². The van der Waals surface area contributed by atoms with Crippen molar-refractivity contribution in [3.8, 4) is 5.75 Å². The largest absolute Gasteiger partial charge is 0.489 e. The Labute approximate surface area is 124 Å². The van der Waals surface area contributed by atoms with Gasteiger partial charge in [-0.05, 0) is 36.9 Å². The first-order chi connectivity index (χ1) is 9.58. The smallest absolute Gasteiger partial charge is 0.130 e. The molecule has 0 aromatic heterocycles. The molecule has 0 aliphatic heterocycles. The van der Waals surface area contributed by atoms with E-state index in [4.69, 9.17) is 4.74 Å². The van der Waals surface area contributed by atoms with Crippen LogP contribution >= 0.6 is 15.9 Å². The molecule has 0 heterocycles. The number of rotatable bonds is 5. The van der Waals surface area contributed by atoms with Crippen molar-refractivity contribution in [1.29, 1.82) is 0 Å². The van der Waals surface area contributed by atoms with Gasteiger partial charge in [0.05, 0.1) is 0 Å². The normalized spacial score (nSPS) is 10.6. The number of benzene rings is 2. The van der Waals surface area contributed by atoms with Crippen molar-refractivity contribution in [3.05, 3.63) is 63.6 Å². The summed E-state index contributed by atoms with van der Waals surface area (Å²) in [6.07, 6.45) is 0. The van der Waals surface area contributed by atoms with Gasteiger partial charge in [-0.3, -0.25) is 0 Å². The molecule has 0 unspecified atom stereocenters. The van der Waals surface area contributed by atoms with Crippen LogP contribution in [0.2, 0.25) is 0 Å². The molecule has 0 fully saturated rings. The van der Waals surface area contributed by atoms with E-state index in [1.807, 2.05) is 0 Å². The molecule has 2 rings (SSSR count). The Morgan fingerprint density at radius 2 is 1.95 bits per heavy atom. The van der Waals surface area contributed by atoms with Crippen LogP contribution in [0.15, 0.2) is 40.9 Å². The Bertz CT molecular complexity index is 604. The summed E-state index contributed by atoms with van der Waals surface area (Å²) >= 11 is 3.19. The van der Waals surface area contributed by atoms with E-state index < -0.39 is 0 Å². The van der Waals surface area contributed by atoms with Gasteiger partial charge >= 0.3 is 0 Å². The van der Waals surface area contributed by atoms with Crippen LogP contribution in [0.25, 0.3) is 0 Å². The summed E-state index contributed by atoms with van der Waals surface area (Å²) < 4.78 is 33.2. The van der Waals surface area contributed by atoms with E-state index in [9.17, 15) is 8.78 Å². The lowest BCUT2D eigenvalue weighted by molar-refractivity contribution is 0.298. The molecule has 0 atom stereocenters. The summed E-state index contributed by atoms with van der Waals surface area (Å²) in [6.45, 7) is 0.600. The first-order valence-corrected chi connectivity index (χ1v) is 6.88. The average Bonchev–Trinajstić information content (AvgIpc) is 2.37. The molecule has 0 spiro atoms. The van der Waals surface area contributed by atoms with Crippen molar-refractivity contribution in [2.24, 2.45) is 0 Å². The fourth-order valence-electron chi connectivity index (χ4n) is 1.81. The molecule has 0 radical (unpaired) electrons. The first-order valence-electron chi connectivity index (χ1n) is 6.09. The lowest BCUT2D eigenvalue weighted by Crippen LogP contribution is -2.06. The van der Waals surface area contributed by atoms with Crippen LogP contribution in [0, 0.1) is 11.6 Å². The minimum atomic E-state index is -0.371. The number of halogens is 3. The highest BCUT2D eigenvalue weighted by molar-refractivity contribution is 9.10. The van der Waals surface area contributed by atoms with Gasteiger partial charge in [0, 0.05) is 22.6 Å². The highest BCUT2D eigenvalue weighted by Crippen LogP contribution is 2.20. The van der Waals surface area contributed by atoms with Crippen LogP contribution in [-0.4, -0.2) is 7.05 Å². The van der Waals surface area contributed by atoms with Crippen LogP contribution < -0.4 is 10.1 Å². The van der Waals surface area contributed by atoms with Gasteiger partial charge < -0.3 is 10.1 Å². The third-order valence-corrected chi connectivity index (χ3v) is 3.21. The summed E-state index contributed by atoms with van der Waals surface area (Å²) in [7, 11) is 1.78. The second kappa shape index (κ2) is 6.81. The fraction of sp³-hybridized carbons (Fsp3) is 0.200. The van der Waals surface area contributed by atoms with Gasteiger partial charge in [0.25, 0.3) is 0 Å². The Balaban J connectivity index is 2.10. The van der Waals surface area contributed by atoms with Crippen LogP contribution in [0.1, 0.15) is 11.1 Å². The predicted molar refractivity (Wildman–Crippen MR) is 77.6 cm³/mol. The monoisotopic (exact) mass is 341 g/mol. The standard InChI is InChI=1S/C15H14BrF2NO/c1-19-8-10-4-13(17)7-14(5-10)20-9-11-2-3-12(16)6-15(11)18/h2-7,19H,8-9H2,1H3. The zero-order valence-electron chi connectivity index (χ0n) is 10.9. The molecule has 0 amide bonds. The molecule has 106 valence electrons. The molecule has 2 aromatic carbocycles. The second-order valence-electron chi connectivity index (χ2n) is 4.35. The molecule has 1 N–H and O–H groups in total. The summed E-state index contributed by atoms with van der Waals surface area (Å²) in [5, 5.41) is 2.94. The summed E-state index contributed by atoms with van der Waals surface area (Å²) in [5.74, 6) is -0.340. The molecule has 20 heavy (non-hydrogen) atoms. The van der Waals surface area contributed by atoms with Crippen LogP contribution in [0.3, 0.4) is 0 Å². The maximum absolute atomic E-state index is 13.6. The quantitative estimate of drug-likeness (QED) is 0.886. The Morgan fingerprint density at radius 1 is 1.15 bits per heavy atom. The molecule has 0 saturated carbocycles. The van der Waals surface area contributed by atoms with E-state index >= 15 is 0 Å². The molecule has 0 saturated heterocycles. The second-order valence-corrected chi connectivity index (χ2v) is 5.27. The van der Waals surface area contributed by atoms with Gasteiger partial charge in [0.15, 0.2) is 0 Å². The molecule has 0 bridgehead atoms. The third kappa shape index (κ3) is 4.02. The molecule has 2 aromatic rings. The summed E-state index contributed by atoms with van der Waals surface area (Å²) in [6, 6.07) is 9.19. The van der Waals surface area contributed by atoms with Gasteiger partial charge in [-0.15, -0.1) is 0 Å². The fourth-order valence-corrected chi connectivity index (χ4v) is 2.14.